The predicted octanol–water partition coefficient (Wildman–Crippen LogP) is 2.35. The number of aromatic nitrogens is 1. The molecule has 0 aliphatic carbocycles. The highest BCUT2D eigenvalue weighted by atomic mass is 127. The van der Waals surface area contributed by atoms with Crippen molar-refractivity contribution in [2.45, 2.75) is 0 Å². The molecule has 5 nitrogen and oxygen atoms in total. The van der Waals surface area contributed by atoms with Crippen molar-refractivity contribution >= 4 is 34.3 Å². The van der Waals surface area contributed by atoms with Crippen LogP contribution in [0.1, 0.15) is 10.4 Å². The second-order valence-electron chi connectivity index (χ2n) is 3.55. The summed E-state index contributed by atoms with van der Waals surface area (Å²) in [5.74, 6) is -0.385. The van der Waals surface area contributed by atoms with Crippen molar-refractivity contribution in [2.75, 3.05) is 5.32 Å². The van der Waals surface area contributed by atoms with E-state index in [9.17, 15) is 15.0 Å². The van der Waals surface area contributed by atoms with Gasteiger partial charge in [0.15, 0.2) is 0 Å². The predicted molar refractivity (Wildman–Crippen MR) is 74.7 cm³/mol. The van der Waals surface area contributed by atoms with Gasteiger partial charge in [-0.15, -0.1) is 0 Å². The Labute approximate surface area is 117 Å². The first-order valence-electron chi connectivity index (χ1n) is 5.00. The smallest absolute Gasteiger partial charge is 0.257 e. The maximum atomic E-state index is 11.8. The molecule has 1 heterocycles. The Morgan fingerprint density at radius 2 is 1.83 bits per heavy atom. The van der Waals surface area contributed by atoms with Crippen molar-refractivity contribution in [3.05, 3.63) is 45.7 Å². The molecule has 2 rings (SSSR count). The molecule has 1 amide bonds. The summed E-state index contributed by atoms with van der Waals surface area (Å²) < 4.78 is 0.959. The first kappa shape index (κ1) is 12.6. The van der Waals surface area contributed by atoms with E-state index in [1.807, 2.05) is 6.07 Å². The molecule has 6 heteroatoms. The van der Waals surface area contributed by atoms with Crippen LogP contribution in [0.5, 0.6) is 11.5 Å². The monoisotopic (exact) mass is 356 g/mol. The molecule has 0 saturated heterocycles. The minimum absolute atomic E-state index is 0.160. The van der Waals surface area contributed by atoms with Gasteiger partial charge in [0.25, 0.3) is 5.91 Å². The molecule has 3 N–H and O–H groups in total. The summed E-state index contributed by atoms with van der Waals surface area (Å²) in [6.07, 6.45) is 1.62. The molecule has 0 atom stereocenters. The fraction of sp³-hybridized carbons (Fsp3) is 0. The maximum absolute atomic E-state index is 11.8. The number of anilines is 1. The second-order valence-corrected chi connectivity index (χ2v) is 4.80. The van der Waals surface area contributed by atoms with Gasteiger partial charge in [-0.1, -0.05) is 0 Å². The highest BCUT2D eigenvalue weighted by Crippen LogP contribution is 2.21. The van der Waals surface area contributed by atoms with Crippen molar-refractivity contribution in [3.8, 4) is 11.5 Å². The number of phenolic OH excluding ortho intramolecular Hbond substituents is 2. The van der Waals surface area contributed by atoms with Crippen molar-refractivity contribution < 1.29 is 15.0 Å². The summed E-state index contributed by atoms with van der Waals surface area (Å²) >= 11 is 2.11. The Hall–Kier alpha value is -1.83. The summed E-state index contributed by atoms with van der Waals surface area (Å²) in [5, 5.41) is 21.1. The number of pyridine rings is 1. The first-order valence-corrected chi connectivity index (χ1v) is 6.08. The molecule has 0 fully saturated rings. The molecule has 0 spiro atoms. The molecule has 0 radical (unpaired) electrons. The summed E-state index contributed by atoms with van der Waals surface area (Å²) in [7, 11) is 0. The van der Waals surface area contributed by atoms with Crippen LogP contribution in [0, 0.1) is 3.57 Å². The van der Waals surface area contributed by atoms with Crippen LogP contribution in [-0.2, 0) is 0 Å². The lowest BCUT2D eigenvalue weighted by Crippen LogP contribution is -2.12. The number of aromatic hydroxyl groups is 2. The molecule has 0 aliphatic heterocycles. The van der Waals surface area contributed by atoms with Gasteiger partial charge in [-0.2, -0.15) is 0 Å². The van der Waals surface area contributed by atoms with Gasteiger partial charge in [0.2, 0.25) is 0 Å². The average Bonchev–Trinajstić information content (AvgIpc) is 2.31. The number of hydrogen-bond donors (Lipinski definition) is 3. The lowest BCUT2D eigenvalue weighted by molar-refractivity contribution is 0.102. The zero-order chi connectivity index (χ0) is 13.1. The minimum Gasteiger partial charge on any atom is -0.508 e. The van der Waals surface area contributed by atoms with Gasteiger partial charge in [0.1, 0.15) is 17.3 Å². The lowest BCUT2D eigenvalue weighted by atomic mass is 10.2. The van der Waals surface area contributed by atoms with Gasteiger partial charge < -0.3 is 15.5 Å². The van der Waals surface area contributed by atoms with E-state index in [1.165, 1.54) is 12.1 Å². The molecular weight excluding hydrogens is 347 g/mol. The quantitative estimate of drug-likeness (QED) is 0.722. The summed E-state index contributed by atoms with van der Waals surface area (Å²) in [5.41, 5.74) is 0.160. The van der Waals surface area contributed by atoms with Crippen LogP contribution in [0.2, 0.25) is 0 Å². The van der Waals surface area contributed by atoms with Crippen molar-refractivity contribution in [3.63, 3.8) is 0 Å². The number of nitrogens with one attached hydrogen (secondary N) is 1. The normalized spacial score (nSPS) is 10.1. The summed E-state index contributed by atoms with van der Waals surface area (Å²) in [6.45, 7) is 0. The molecule has 1 aromatic carbocycles. The maximum Gasteiger partial charge on any atom is 0.257 e. The second kappa shape index (κ2) is 5.21. The zero-order valence-corrected chi connectivity index (χ0v) is 11.2. The Balaban J connectivity index is 2.19. The van der Waals surface area contributed by atoms with Gasteiger partial charge in [-0.25, -0.2) is 4.98 Å². The van der Waals surface area contributed by atoms with Crippen LogP contribution in [-0.4, -0.2) is 21.1 Å². The van der Waals surface area contributed by atoms with Gasteiger partial charge in [0, 0.05) is 21.4 Å². The SMILES string of the molecule is O=C(Nc1ccc(I)cn1)c1cc(O)cc(O)c1. The highest BCUT2D eigenvalue weighted by molar-refractivity contribution is 14.1. The van der Waals surface area contributed by atoms with E-state index in [2.05, 4.69) is 32.9 Å². The number of carbonyl (C=O) groups is 1. The van der Waals surface area contributed by atoms with Crippen molar-refractivity contribution in [1.29, 1.82) is 0 Å². The first-order chi connectivity index (χ1) is 8.54. The van der Waals surface area contributed by atoms with E-state index in [4.69, 9.17) is 0 Å². The van der Waals surface area contributed by atoms with Crippen LogP contribution in [0.15, 0.2) is 36.5 Å². The van der Waals surface area contributed by atoms with E-state index in [-0.39, 0.29) is 17.1 Å². The van der Waals surface area contributed by atoms with Crippen molar-refractivity contribution in [2.24, 2.45) is 0 Å². The van der Waals surface area contributed by atoms with E-state index in [1.54, 1.807) is 12.3 Å². The number of halogens is 1. The number of carbonyl (C=O) groups excluding carboxylic acids is 1. The number of benzene rings is 1. The molecule has 0 aliphatic rings. The third-order valence-electron chi connectivity index (χ3n) is 2.13. The third-order valence-corrected chi connectivity index (χ3v) is 2.77. The van der Waals surface area contributed by atoms with Gasteiger partial charge >= 0.3 is 0 Å². The third kappa shape index (κ3) is 3.10. The van der Waals surface area contributed by atoms with Crippen LogP contribution in [0.25, 0.3) is 0 Å². The van der Waals surface area contributed by atoms with Crippen LogP contribution in [0.4, 0.5) is 5.82 Å². The number of phenols is 2. The zero-order valence-electron chi connectivity index (χ0n) is 9.09. The van der Waals surface area contributed by atoms with Crippen molar-refractivity contribution in [1.82, 2.24) is 4.98 Å². The van der Waals surface area contributed by atoms with Gasteiger partial charge in [-0.3, -0.25) is 4.79 Å². The average molecular weight is 356 g/mol. The molecule has 1 aromatic heterocycles. The number of nitrogens with zero attached hydrogens (tertiary/aromatic N) is 1. The number of hydrogen-bond acceptors (Lipinski definition) is 4. The Bertz CT molecular complexity index is 564. The highest BCUT2D eigenvalue weighted by Gasteiger charge is 2.09. The fourth-order valence-corrected chi connectivity index (χ4v) is 1.68. The molecule has 2 aromatic rings. The standard InChI is InChI=1S/C12H9IN2O3/c13-8-1-2-11(14-6-8)15-12(18)7-3-9(16)5-10(17)4-7/h1-6,16-17H,(H,14,15,18). The topological polar surface area (TPSA) is 82.5 Å². The Morgan fingerprint density at radius 1 is 1.17 bits per heavy atom. The number of amides is 1. The van der Waals surface area contributed by atoms with Crippen LogP contribution in [0.3, 0.4) is 0 Å². The van der Waals surface area contributed by atoms with E-state index in [0.717, 1.165) is 9.64 Å². The fourth-order valence-electron chi connectivity index (χ4n) is 1.36. The van der Waals surface area contributed by atoms with Gasteiger partial charge in [0.05, 0.1) is 0 Å². The molecule has 18 heavy (non-hydrogen) atoms. The van der Waals surface area contributed by atoms with Crippen LogP contribution >= 0.6 is 22.6 Å². The van der Waals surface area contributed by atoms with E-state index in [0.29, 0.717) is 5.82 Å². The molecule has 92 valence electrons. The molecule has 0 saturated carbocycles. The Kier molecular flexibility index (Phi) is 3.66. The van der Waals surface area contributed by atoms with Crippen LogP contribution < -0.4 is 5.32 Å². The summed E-state index contributed by atoms with van der Waals surface area (Å²) in [4.78, 5) is 15.9. The van der Waals surface area contributed by atoms with E-state index >= 15 is 0 Å². The largest absolute Gasteiger partial charge is 0.508 e. The summed E-state index contributed by atoms with van der Waals surface area (Å²) in [6, 6.07) is 7.16. The van der Waals surface area contributed by atoms with Gasteiger partial charge in [-0.05, 0) is 46.9 Å². The number of rotatable bonds is 2. The lowest BCUT2D eigenvalue weighted by Gasteiger charge is -2.05. The molecule has 0 bridgehead atoms. The minimum atomic E-state index is -0.449. The Morgan fingerprint density at radius 3 is 2.39 bits per heavy atom. The van der Waals surface area contributed by atoms with E-state index < -0.39 is 5.91 Å². The molecular formula is C12H9IN2O3. The molecule has 0 unspecified atom stereocenters.